The monoisotopic (exact) mass is 126 g/mol. The molecule has 1 heteroatoms. The van der Waals surface area contributed by atoms with Gasteiger partial charge in [-0.05, 0) is 24.7 Å². The zero-order chi connectivity index (χ0) is 6.48. The summed E-state index contributed by atoms with van der Waals surface area (Å²) in [5.41, 5.74) is -0.172. The lowest BCUT2D eigenvalue weighted by Gasteiger charge is -2.03. The molecule has 2 fully saturated rings. The fourth-order valence-corrected chi connectivity index (χ4v) is 2.65. The van der Waals surface area contributed by atoms with Crippen LogP contribution >= 0.6 is 0 Å². The molecule has 0 spiro atoms. The summed E-state index contributed by atoms with van der Waals surface area (Å²) < 4.78 is 0. The first-order chi connectivity index (χ1) is 4.29. The van der Waals surface area contributed by atoms with Crippen molar-refractivity contribution in [2.75, 3.05) is 0 Å². The number of fused-ring (bicyclic) bond motifs is 1. The third-order valence-electron chi connectivity index (χ3n) is 3.19. The molecule has 3 unspecified atom stereocenters. The summed E-state index contributed by atoms with van der Waals surface area (Å²) in [6.07, 6.45) is 4.81. The molecular formula is C8H14O. The third-order valence-corrected chi connectivity index (χ3v) is 3.19. The van der Waals surface area contributed by atoms with Crippen LogP contribution in [0.25, 0.3) is 0 Å². The molecule has 0 bridgehead atoms. The fraction of sp³-hybridized carbons (Fsp3) is 1.00. The van der Waals surface area contributed by atoms with Gasteiger partial charge < -0.3 is 5.11 Å². The highest BCUT2D eigenvalue weighted by Gasteiger charge is 2.64. The molecule has 52 valence electrons. The molecule has 2 rings (SSSR count). The maximum atomic E-state index is 9.73. The molecule has 0 saturated heterocycles. The maximum absolute atomic E-state index is 9.73. The quantitative estimate of drug-likeness (QED) is 0.565. The Bertz CT molecular complexity index is 127. The summed E-state index contributed by atoms with van der Waals surface area (Å²) in [7, 11) is 0. The Morgan fingerprint density at radius 1 is 1.67 bits per heavy atom. The number of hydrogen-bond acceptors (Lipinski definition) is 1. The van der Waals surface area contributed by atoms with Crippen molar-refractivity contribution in [1.29, 1.82) is 0 Å². The molecule has 9 heavy (non-hydrogen) atoms. The van der Waals surface area contributed by atoms with Crippen molar-refractivity contribution in [3.05, 3.63) is 0 Å². The van der Waals surface area contributed by atoms with E-state index < -0.39 is 0 Å². The molecule has 1 nitrogen and oxygen atoms in total. The molecule has 2 saturated carbocycles. The molecule has 0 amide bonds. The lowest BCUT2D eigenvalue weighted by atomic mass is 10.1. The molecule has 0 heterocycles. The Kier molecular flexibility index (Phi) is 0.963. The predicted molar refractivity (Wildman–Crippen MR) is 36.1 cm³/mol. The zero-order valence-corrected chi connectivity index (χ0v) is 5.93. The minimum absolute atomic E-state index is 0.172. The summed E-state index contributed by atoms with van der Waals surface area (Å²) in [4.78, 5) is 0. The van der Waals surface area contributed by atoms with Gasteiger partial charge in [0.2, 0.25) is 0 Å². The van der Waals surface area contributed by atoms with E-state index in [0.717, 1.165) is 6.42 Å². The summed E-state index contributed by atoms with van der Waals surface area (Å²) >= 11 is 0. The van der Waals surface area contributed by atoms with Crippen molar-refractivity contribution < 1.29 is 5.11 Å². The van der Waals surface area contributed by atoms with Crippen LogP contribution in [0.1, 0.15) is 32.6 Å². The highest BCUT2D eigenvalue weighted by molar-refractivity contribution is 5.14. The second-order valence-electron chi connectivity index (χ2n) is 3.50. The summed E-state index contributed by atoms with van der Waals surface area (Å²) in [6.45, 7) is 2.18. The standard InChI is InChI=1S/C8H14O/c1-2-6-7-4-3-5-8(6,7)9/h6-7,9H,2-5H2,1H3. The van der Waals surface area contributed by atoms with Gasteiger partial charge in [-0.25, -0.2) is 0 Å². The molecule has 0 aromatic carbocycles. The molecule has 0 aromatic heterocycles. The summed E-state index contributed by atoms with van der Waals surface area (Å²) in [6, 6.07) is 0. The van der Waals surface area contributed by atoms with Crippen molar-refractivity contribution >= 4 is 0 Å². The molecule has 1 N–H and O–H groups in total. The molecule has 2 aliphatic carbocycles. The van der Waals surface area contributed by atoms with E-state index in [2.05, 4.69) is 6.92 Å². The van der Waals surface area contributed by atoms with Crippen molar-refractivity contribution in [2.24, 2.45) is 11.8 Å². The molecular weight excluding hydrogens is 112 g/mol. The SMILES string of the molecule is CCC1C2CCCC12O. The Morgan fingerprint density at radius 2 is 2.44 bits per heavy atom. The maximum Gasteiger partial charge on any atom is 0.0711 e. The van der Waals surface area contributed by atoms with Crippen LogP contribution in [0.15, 0.2) is 0 Å². The number of rotatable bonds is 1. The van der Waals surface area contributed by atoms with E-state index in [1.54, 1.807) is 0 Å². The minimum Gasteiger partial charge on any atom is -0.389 e. The highest BCUT2D eigenvalue weighted by Crippen LogP contribution is 2.62. The van der Waals surface area contributed by atoms with E-state index >= 15 is 0 Å². The Labute approximate surface area is 56.1 Å². The van der Waals surface area contributed by atoms with Gasteiger partial charge in [-0.1, -0.05) is 19.8 Å². The van der Waals surface area contributed by atoms with Crippen LogP contribution in [0.2, 0.25) is 0 Å². The van der Waals surface area contributed by atoms with E-state index in [9.17, 15) is 5.11 Å². The lowest BCUT2D eigenvalue weighted by Crippen LogP contribution is -2.07. The van der Waals surface area contributed by atoms with Crippen LogP contribution in [-0.4, -0.2) is 10.7 Å². The fourth-order valence-electron chi connectivity index (χ4n) is 2.65. The first-order valence-corrected chi connectivity index (χ1v) is 4.01. The van der Waals surface area contributed by atoms with E-state index in [0.29, 0.717) is 11.8 Å². The van der Waals surface area contributed by atoms with Crippen LogP contribution in [-0.2, 0) is 0 Å². The van der Waals surface area contributed by atoms with Crippen LogP contribution < -0.4 is 0 Å². The van der Waals surface area contributed by atoms with Crippen molar-refractivity contribution in [3.8, 4) is 0 Å². The van der Waals surface area contributed by atoms with Crippen LogP contribution in [0.4, 0.5) is 0 Å². The zero-order valence-electron chi connectivity index (χ0n) is 5.93. The Morgan fingerprint density at radius 3 is 2.78 bits per heavy atom. The molecule has 2 aliphatic rings. The summed E-state index contributed by atoms with van der Waals surface area (Å²) in [5, 5.41) is 9.73. The Hall–Kier alpha value is -0.0400. The van der Waals surface area contributed by atoms with Crippen molar-refractivity contribution in [1.82, 2.24) is 0 Å². The third kappa shape index (κ3) is 0.536. The van der Waals surface area contributed by atoms with Crippen molar-refractivity contribution in [3.63, 3.8) is 0 Å². The van der Waals surface area contributed by atoms with Gasteiger partial charge in [0.15, 0.2) is 0 Å². The van der Waals surface area contributed by atoms with E-state index in [4.69, 9.17) is 0 Å². The van der Waals surface area contributed by atoms with E-state index in [1.807, 2.05) is 0 Å². The smallest absolute Gasteiger partial charge is 0.0711 e. The van der Waals surface area contributed by atoms with Gasteiger partial charge in [0.1, 0.15) is 0 Å². The normalized spacial score (nSPS) is 55.3. The molecule has 3 atom stereocenters. The largest absolute Gasteiger partial charge is 0.389 e. The van der Waals surface area contributed by atoms with Gasteiger partial charge in [0.25, 0.3) is 0 Å². The van der Waals surface area contributed by atoms with Crippen molar-refractivity contribution in [2.45, 2.75) is 38.2 Å². The number of aliphatic hydroxyl groups is 1. The van der Waals surface area contributed by atoms with Crippen LogP contribution in [0.3, 0.4) is 0 Å². The number of hydrogen-bond donors (Lipinski definition) is 1. The van der Waals surface area contributed by atoms with Crippen LogP contribution in [0, 0.1) is 11.8 Å². The van der Waals surface area contributed by atoms with E-state index in [-0.39, 0.29) is 5.60 Å². The first-order valence-electron chi connectivity index (χ1n) is 4.01. The average Bonchev–Trinajstić information content (AvgIpc) is 2.16. The van der Waals surface area contributed by atoms with Gasteiger partial charge in [-0.2, -0.15) is 0 Å². The second kappa shape index (κ2) is 1.51. The van der Waals surface area contributed by atoms with Gasteiger partial charge >= 0.3 is 0 Å². The van der Waals surface area contributed by atoms with Gasteiger partial charge in [0, 0.05) is 0 Å². The van der Waals surface area contributed by atoms with Gasteiger partial charge in [-0.3, -0.25) is 0 Å². The molecule has 0 aliphatic heterocycles. The Balaban J connectivity index is 2.08. The van der Waals surface area contributed by atoms with Gasteiger partial charge in [-0.15, -0.1) is 0 Å². The highest BCUT2D eigenvalue weighted by atomic mass is 16.3. The average molecular weight is 126 g/mol. The van der Waals surface area contributed by atoms with Crippen LogP contribution in [0.5, 0.6) is 0 Å². The molecule has 0 aromatic rings. The van der Waals surface area contributed by atoms with E-state index in [1.165, 1.54) is 19.3 Å². The van der Waals surface area contributed by atoms with Gasteiger partial charge in [0.05, 0.1) is 5.60 Å². The minimum atomic E-state index is -0.172. The molecule has 0 radical (unpaired) electrons. The first kappa shape index (κ1) is 5.72. The predicted octanol–water partition coefficient (Wildman–Crippen LogP) is 1.56. The summed E-state index contributed by atoms with van der Waals surface area (Å²) in [5.74, 6) is 1.37. The lowest BCUT2D eigenvalue weighted by molar-refractivity contribution is 0.124. The second-order valence-corrected chi connectivity index (χ2v) is 3.50. The topological polar surface area (TPSA) is 20.2 Å².